The van der Waals surface area contributed by atoms with Crippen LogP contribution in [0.1, 0.15) is 17.3 Å². The topological polar surface area (TPSA) is 86.2 Å². The predicted molar refractivity (Wildman–Crippen MR) is 71.9 cm³/mol. The van der Waals surface area contributed by atoms with Crippen LogP contribution in [-0.2, 0) is 0 Å². The van der Waals surface area contributed by atoms with Crippen LogP contribution >= 0.6 is 0 Å². The zero-order valence-corrected chi connectivity index (χ0v) is 11.2. The van der Waals surface area contributed by atoms with Crippen molar-refractivity contribution in [1.29, 1.82) is 0 Å². The fraction of sp³-hybridized carbons (Fsp3) is 0.231. The van der Waals surface area contributed by atoms with Crippen molar-refractivity contribution in [2.45, 2.75) is 6.92 Å². The lowest BCUT2D eigenvalue weighted by molar-refractivity contribution is 0.102. The molecule has 0 aliphatic heterocycles. The van der Waals surface area contributed by atoms with E-state index < -0.39 is 0 Å². The minimum absolute atomic E-state index is 0.275. The highest BCUT2D eigenvalue weighted by Crippen LogP contribution is 2.11. The van der Waals surface area contributed by atoms with Crippen LogP contribution in [0.2, 0.25) is 0 Å². The van der Waals surface area contributed by atoms with E-state index in [0.717, 1.165) is 0 Å². The van der Waals surface area contributed by atoms with Crippen LogP contribution in [0.4, 0.5) is 5.69 Å². The van der Waals surface area contributed by atoms with Gasteiger partial charge in [-0.25, -0.2) is 15.0 Å². The summed E-state index contributed by atoms with van der Waals surface area (Å²) < 4.78 is 10.0. The van der Waals surface area contributed by atoms with Crippen LogP contribution in [-0.4, -0.2) is 34.6 Å². The molecular weight excluding hydrogens is 260 g/mol. The van der Waals surface area contributed by atoms with E-state index in [4.69, 9.17) is 9.47 Å². The van der Waals surface area contributed by atoms with E-state index in [1.807, 2.05) is 6.92 Å². The zero-order valence-electron chi connectivity index (χ0n) is 11.2. The summed E-state index contributed by atoms with van der Waals surface area (Å²) in [6, 6.07) is 3.51. The zero-order chi connectivity index (χ0) is 14.4. The molecule has 0 spiro atoms. The van der Waals surface area contributed by atoms with E-state index in [1.165, 1.54) is 25.7 Å². The maximum Gasteiger partial charge on any atom is 0.316 e. The quantitative estimate of drug-likeness (QED) is 0.889. The molecule has 0 fully saturated rings. The monoisotopic (exact) mass is 274 g/mol. The molecule has 0 saturated heterocycles. The molecule has 7 heteroatoms. The van der Waals surface area contributed by atoms with Crippen molar-refractivity contribution in [2.24, 2.45) is 0 Å². The smallest absolute Gasteiger partial charge is 0.316 e. The second kappa shape index (κ2) is 6.46. The number of anilines is 1. The van der Waals surface area contributed by atoms with Gasteiger partial charge in [0.2, 0.25) is 5.88 Å². The summed E-state index contributed by atoms with van der Waals surface area (Å²) in [4.78, 5) is 23.8. The third-order valence-electron chi connectivity index (χ3n) is 2.37. The van der Waals surface area contributed by atoms with Crippen molar-refractivity contribution in [3.8, 4) is 11.9 Å². The Kier molecular flexibility index (Phi) is 4.43. The van der Waals surface area contributed by atoms with E-state index in [2.05, 4.69) is 20.3 Å². The van der Waals surface area contributed by atoms with Gasteiger partial charge in [-0.1, -0.05) is 0 Å². The molecule has 2 heterocycles. The van der Waals surface area contributed by atoms with Gasteiger partial charge in [-0.3, -0.25) is 4.79 Å². The van der Waals surface area contributed by atoms with Gasteiger partial charge in [-0.2, -0.15) is 0 Å². The highest BCUT2D eigenvalue weighted by Gasteiger charge is 2.07. The van der Waals surface area contributed by atoms with Crippen LogP contribution in [0.25, 0.3) is 0 Å². The molecule has 0 aromatic carbocycles. The molecule has 1 N–H and O–H groups in total. The number of nitrogens with zero attached hydrogens (tertiary/aromatic N) is 3. The largest absolute Gasteiger partial charge is 0.481 e. The van der Waals surface area contributed by atoms with Crippen LogP contribution < -0.4 is 14.8 Å². The number of hydrogen-bond acceptors (Lipinski definition) is 6. The van der Waals surface area contributed by atoms with Crippen molar-refractivity contribution < 1.29 is 14.3 Å². The number of nitrogens with one attached hydrogen (secondary N) is 1. The molecule has 0 radical (unpaired) electrons. The SMILES string of the molecule is CCOc1ncc(NC(=O)c2ccc(OC)nc2)cn1. The summed E-state index contributed by atoms with van der Waals surface area (Å²) >= 11 is 0. The van der Waals surface area contributed by atoms with Crippen molar-refractivity contribution in [3.63, 3.8) is 0 Å². The van der Waals surface area contributed by atoms with E-state index >= 15 is 0 Å². The molecular formula is C13H14N4O3. The van der Waals surface area contributed by atoms with Crippen LogP contribution in [0, 0.1) is 0 Å². The molecule has 0 unspecified atom stereocenters. The number of ether oxygens (including phenoxy) is 2. The second-order valence-corrected chi connectivity index (χ2v) is 3.73. The van der Waals surface area contributed by atoms with Crippen LogP contribution in [0.5, 0.6) is 11.9 Å². The second-order valence-electron chi connectivity index (χ2n) is 3.73. The Labute approximate surface area is 116 Å². The van der Waals surface area contributed by atoms with Crippen molar-refractivity contribution in [2.75, 3.05) is 19.0 Å². The van der Waals surface area contributed by atoms with Gasteiger partial charge in [0.05, 0.1) is 37.4 Å². The van der Waals surface area contributed by atoms with Gasteiger partial charge in [0.15, 0.2) is 0 Å². The Balaban J connectivity index is 2.02. The van der Waals surface area contributed by atoms with Gasteiger partial charge in [0.25, 0.3) is 5.91 Å². The van der Waals surface area contributed by atoms with Crippen LogP contribution in [0.15, 0.2) is 30.7 Å². The molecule has 7 nitrogen and oxygen atoms in total. The van der Waals surface area contributed by atoms with Crippen molar-refractivity contribution >= 4 is 11.6 Å². The van der Waals surface area contributed by atoms with Gasteiger partial charge in [-0.05, 0) is 13.0 Å². The number of carbonyl (C=O) groups excluding carboxylic acids is 1. The lowest BCUT2D eigenvalue weighted by atomic mass is 10.2. The molecule has 0 aliphatic rings. The average molecular weight is 274 g/mol. The molecule has 0 aliphatic carbocycles. The number of methoxy groups -OCH3 is 1. The minimum atomic E-state index is -0.298. The molecule has 0 bridgehead atoms. The number of hydrogen-bond donors (Lipinski definition) is 1. The molecule has 20 heavy (non-hydrogen) atoms. The molecule has 2 rings (SSSR count). The summed E-state index contributed by atoms with van der Waals surface area (Å²) in [5, 5.41) is 2.66. The number of amides is 1. The van der Waals surface area contributed by atoms with Crippen molar-refractivity contribution in [3.05, 3.63) is 36.3 Å². The average Bonchev–Trinajstić information content (AvgIpc) is 2.49. The Morgan fingerprint density at radius 1 is 1.20 bits per heavy atom. The number of rotatable bonds is 5. The first-order valence-electron chi connectivity index (χ1n) is 5.99. The van der Waals surface area contributed by atoms with Crippen LogP contribution in [0.3, 0.4) is 0 Å². The highest BCUT2D eigenvalue weighted by atomic mass is 16.5. The lowest BCUT2D eigenvalue weighted by Gasteiger charge is -2.06. The number of carbonyl (C=O) groups is 1. The first-order valence-corrected chi connectivity index (χ1v) is 5.99. The van der Waals surface area contributed by atoms with Gasteiger partial charge in [-0.15, -0.1) is 0 Å². The van der Waals surface area contributed by atoms with Gasteiger partial charge < -0.3 is 14.8 Å². The minimum Gasteiger partial charge on any atom is -0.481 e. The Hall–Kier alpha value is -2.70. The van der Waals surface area contributed by atoms with Gasteiger partial charge in [0.1, 0.15) is 0 Å². The summed E-state index contributed by atoms with van der Waals surface area (Å²) in [5.74, 6) is 0.152. The van der Waals surface area contributed by atoms with Gasteiger partial charge in [0, 0.05) is 12.3 Å². The lowest BCUT2D eigenvalue weighted by Crippen LogP contribution is -2.12. The summed E-state index contributed by atoms with van der Waals surface area (Å²) in [5.41, 5.74) is 0.897. The van der Waals surface area contributed by atoms with E-state index in [-0.39, 0.29) is 11.9 Å². The third-order valence-corrected chi connectivity index (χ3v) is 2.37. The summed E-state index contributed by atoms with van der Waals surface area (Å²) in [7, 11) is 1.51. The van der Waals surface area contributed by atoms with Gasteiger partial charge >= 0.3 is 6.01 Å². The van der Waals surface area contributed by atoms with E-state index in [0.29, 0.717) is 23.7 Å². The molecule has 104 valence electrons. The fourth-order valence-corrected chi connectivity index (χ4v) is 1.42. The molecule has 2 aromatic heterocycles. The highest BCUT2D eigenvalue weighted by molar-refractivity contribution is 6.03. The first-order chi connectivity index (χ1) is 9.72. The number of aromatic nitrogens is 3. The maximum absolute atomic E-state index is 11.9. The third kappa shape index (κ3) is 3.41. The number of pyridine rings is 1. The Bertz CT molecular complexity index is 569. The predicted octanol–water partition coefficient (Wildman–Crippen LogP) is 1.53. The Morgan fingerprint density at radius 3 is 2.50 bits per heavy atom. The standard InChI is InChI=1S/C13H14N4O3/c1-3-20-13-15-7-10(8-16-13)17-12(18)9-4-5-11(19-2)14-6-9/h4-8H,3H2,1-2H3,(H,17,18). The molecule has 0 atom stereocenters. The Morgan fingerprint density at radius 2 is 1.95 bits per heavy atom. The first kappa shape index (κ1) is 13.7. The summed E-state index contributed by atoms with van der Waals surface area (Å²) in [6.07, 6.45) is 4.39. The van der Waals surface area contributed by atoms with E-state index in [1.54, 1.807) is 12.1 Å². The summed E-state index contributed by atoms with van der Waals surface area (Å²) in [6.45, 7) is 2.33. The van der Waals surface area contributed by atoms with E-state index in [9.17, 15) is 4.79 Å². The normalized spacial score (nSPS) is 9.90. The molecule has 2 aromatic rings. The molecule has 0 saturated carbocycles. The molecule has 1 amide bonds. The van der Waals surface area contributed by atoms with Crippen molar-refractivity contribution in [1.82, 2.24) is 15.0 Å². The fourth-order valence-electron chi connectivity index (χ4n) is 1.42. The maximum atomic E-state index is 11.9.